The van der Waals surface area contributed by atoms with Crippen molar-refractivity contribution in [2.75, 3.05) is 19.4 Å². The van der Waals surface area contributed by atoms with Gasteiger partial charge in [-0.1, -0.05) is 0 Å². The lowest BCUT2D eigenvalue weighted by molar-refractivity contribution is 0.219. The van der Waals surface area contributed by atoms with Crippen molar-refractivity contribution in [3.8, 4) is 0 Å². The van der Waals surface area contributed by atoms with Gasteiger partial charge in [-0.25, -0.2) is 9.78 Å². The average Bonchev–Trinajstić information content (AvgIpc) is 3.02. The first-order chi connectivity index (χ1) is 12.4. The van der Waals surface area contributed by atoms with Crippen LogP contribution in [0.5, 0.6) is 0 Å². The summed E-state index contributed by atoms with van der Waals surface area (Å²) in [6, 6.07) is 0. The molecule has 2 heterocycles. The van der Waals surface area contributed by atoms with E-state index in [1.807, 2.05) is 0 Å². The molecule has 2 aromatic rings. The number of nitrogens with zero attached hydrogens (tertiary/aromatic N) is 4. The highest BCUT2D eigenvalue weighted by Crippen LogP contribution is 2.48. The lowest BCUT2D eigenvalue weighted by atomic mass is 10.3. The zero-order valence-electron chi connectivity index (χ0n) is 15.8. The van der Waals surface area contributed by atoms with Gasteiger partial charge in [0, 0.05) is 20.1 Å². The zero-order chi connectivity index (χ0) is 19.3. The van der Waals surface area contributed by atoms with Gasteiger partial charge in [-0.3, -0.25) is 18.5 Å². The molecule has 0 aliphatic heterocycles. The Bertz CT molecular complexity index is 904. The van der Waals surface area contributed by atoms with E-state index in [4.69, 9.17) is 9.05 Å². The second-order valence-electron chi connectivity index (χ2n) is 5.88. The Morgan fingerprint density at radius 2 is 1.77 bits per heavy atom. The molecule has 0 aliphatic carbocycles. The monoisotopic (exact) mass is 386 g/mol. The van der Waals surface area contributed by atoms with Gasteiger partial charge in [0.25, 0.3) is 5.56 Å². The minimum Gasteiger partial charge on any atom is -0.325 e. The largest absolute Gasteiger partial charge is 0.332 e. The number of imidazole rings is 1. The maximum Gasteiger partial charge on any atom is 0.332 e. The summed E-state index contributed by atoms with van der Waals surface area (Å²) in [5.41, 5.74) is 0.0766. The number of unbranched alkanes of at least 4 members (excludes halogenated alkanes) is 1. The molecule has 2 rings (SSSR count). The summed E-state index contributed by atoms with van der Waals surface area (Å²) in [5.74, 6) is 0. The van der Waals surface area contributed by atoms with Gasteiger partial charge in [-0.15, -0.1) is 0 Å². The van der Waals surface area contributed by atoms with Crippen molar-refractivity contribution in [3.05, 3.63) is 27.2 Å². The van der Waals surface area contributed by atoms with Crippen molar-refractivity contribution in [2.45, 2.75) is 46.7 Å². The number of fused-ring (bicyclic) bond motifs is 1. The molecule has 10 heteroatoms. The first-order valence-corrected chi connectivity index (χ1v) is 10.6. The maximum atomic E-state index is 12.6. The lowest BCUT2D eigenvalue weighted by Crippen LogP contribution is -2.39. The van der Waals surface area contributed by atoms with E-state index < -0.39 is 7.60 Å². The van der Waals surface area contributed by atoms with E-state index in [-0.39, 0.29) is 11.2 Å². The molecule has 0 N–H and O–H groups in total. The predicted octanol–water partition coefficient (Wildman–Crippen LogP) is 1.96. The summed E-state index contributed by atoms with van der Waals surface area (Å²) >= 11 is 0. The Morgan fingerprint density at radius 1 is 1.12 bits per heavy atom. The Kier molecular flexibility index (Phi) is 6.97. The van der Waals surface area contributed by atoms with Gasteiger partial charge in [-0.05, 0) is 33.6 Å². The van der Waals surface area contributed by atoms with Crippen LogP contribution in [0.2, 0.25) is 0 Å². The van der Waals surface area contributed by atoms with Crippen LogP contribution in [0.3, 0.4) is 0 Å². The molecule has 0 saturated carbocycles. The Balaban J connectivity index is 2.15. The van der Waals surface area contributed by atoms with Gasteiger partial charge in [0.1, 0.15) is 0 Å². The molecule has 0 aliphatic rings. The normalized spacial score (nSPS) is 12.2. The Morgan fingerprint density at radius 3 is 2.35 bits per heavy atom. The summed E-state index contributed by atoms with van der Waals surface area (Å²) in [6.07, 6.45) is 3.21. The lowest BCUT2D eigenvalue weighted by Gasteiger charge is -2.16. The van der Waals surface area contributed by atoms with Crippen LogP contribution in [-0.2, 0) is 33.7 Å². The molecule has 0 atom stereocenters. The van der Waals surface area contributed by atoms with Crippen LogP contribution < -0.4 is 11.2 Å². The summed E-state index contributed by atoms with van der Waals surface area (Å²) in [5, 5.41) is 0. The first kappa shape index (κ1) is 20.6. The SMILES string of the molecule is CCOP(=O)(CCCCn1cnc2c1c(=O)n(CC)c(=O)n2C)OCC. The Hall–Kier alpha value is -1.70. The second kappa shape index (κ2) is 8.79. The average molecular weight is 386 g/mol. The molecular formula is C16H27N4O5P. The summed E-state index contributed by atoms with van der Waals surface area (Å²) in [6.45, 7) is 6.85. The number of aryl methyl sites for hydroxylation is 2. The highest BCUT2D eigenvalue weighted by atomic mass is 31.2. The molecule has 0 bridgehead atoms. The molecule has 0 amide bonds. The molecule has 0 unspecified atom stereocenters. The van der Waals surface area contributed by atoms with Crippen LogP contribution in [0.1, 0.15) is 33.6 Å². The van der Waals surface area contributed by atoms with Crippen LogP contribution in [0.4, 0.5) is 0 Å². The van der Waals surface area contributed by atoms with Gasteiger partial charge >= 0.3 is 13.3 Å². The van der Waals surface area contributed by atoms with Gasteiger partial charge in [0.15, 0.2) is 11.2 Å². The summed E-state index contributed by atoms with van der Waals surface area (Å²) in [4.78, 5) is 28.9. The quantitative estimate of drug-likeness (QED) is 0.457. The van der Waals surface area contributed by atoms with Crippen molar-refractivity contribution in [3.63, 3.8) is 0 Å². The second-order valence-corrected chi connectivity index (χ2v) is 8.06. The number of hydrogen-bond donors (Lipinski definition) is 0. The van der Waals surface area contributed by atoms with Crippen LogP contribution in [0.15, 0.2) is 15.9 Å². The fraction of sp³-hybridized carbons (Fsp3) is 0.688. The molecule has 9 nitrogen and oxygen atoms in total. The third-order valence-corrected chi connectivity index (χ3v) is 6.32. The van der Waals surface area contributed by atoms with Crippen LogP contribution in [0.25, 0.3) is 11.2 Å². The third-order valence-electron chi connectivity index (χ3n) is 4.15. The number of rotatable bonds is 10. The first-order valence-electron chi connectivity index (χ1n) is 8.91. The highest BCUT2D eigenvalue weighted by Gasteiger charge is 2.22. The number of aromatic nitrogens is 4. The smallest absolute Gasteiger partial charge is 0.325 e. The minimum absolute atomic E-state index is 0.304. The van der Waals surface area contributed by atoms with Gasteiger partial charge in [-0.2, -0.15) is 0 Å². The zero-order valence-corrected chi connectivity index (χ0v) is 16.7. The van der Waals surface area contributed by atoms with Crippen molar-refractivity contribution in [2.24, 2.45) is 7.05 Å². The van der Waals surface area contributed by atoms with Gasteiger partial charge < -0.3 is 13.6 Å². The van der Waals surface area contributed by atoms with Crippen molar-refractivity contribution >= 4 is 18.8 Å². The maximum absolute atomic E-state index is 12.6. The van der Waals surface area contributed by atoms with E-state index in [0.717, 1.165) is 0 Å². The van der Waals surface area contributed by atoms with E-state index >= 15 is 0 Å². The van der Waals surface area contributed by atoms with Crippen molar-refractivity contribution < 1.29 is 13.6 Å². The van der Waals surface area contributed by atoms with Gasteiger partial charge in [0.2, 0.25) is 0 Å². The summed E-state index contributed by atoms with van der Waals surface area (Å²) in [7, 11) is -1.44. The van der Waals surface area contributed by atoms with E-state index in [0.29, 0.717) is 56.5 Å². The third kappa shape index (κ3) is 4.16. The molecule has 2 aromatic heterocycles. The van der Waals surface area contributed by atoms with E-state index in [1.165, 1.54) is 9.13 Å². The topological polar surface area (TPSA) is 97.4 Å². The molecule has 26 heavy (non-hydrogen) atoms. The molecule has 0 aromatic carbocycles. The highest BCUT2D eigenvalue weighted by molar-refractivity contribution is 7.53. The fourth-order valence-corrected chi connectivity index (χ4v) is 4.65. The molecule has 0 saturated heterocycles. The van der Waals surface area contributed by atoms with Crippen LogP contribution >= 0.6 is 7.60 Å². The van der Waals surface area contributed by atoms with Crippen LogP contribution in [0, 0.1) is 0 Å². The number of hydrogen-bond acceptors (Lipinski definition) is 6. The van der Waals surface area contributed by atoms with Crippen molar-refractivity contribution in [1.82, 2.24) is 18.7 Å². The fourth-order valence-electron chi connectivity index (χ4n) is 2.92. The minimum atomic E-state index is -3.05. The van der Waals surface area contributed by atoms with Crippen molar-refractivity contribution in [1.29, 1.82) is 0 Å². The summed E-state index contributed by atoms with van der Waals surface area (Å²) < 4.78 is 27.3. The standard InChI is InChI=1S/C16H27N4O5P/c1-5-20-15(21)13-14(18(4)16(20)22)17-12-19(13)10-8-9-11-26(23,24-6-2)25-7-3/h12H,5-11H2,1-4H3. The van der Waals surface area contributed by atoms with Gasteiger partial charge in [0.05, 0.1) is 25.7 Å². The molecule has 0 fully saturated rings. The van der Waals surface area contributed by atoms with E-state index in [1.54, 1.807) is 38.7 Å². The molecule has 0 radical (unpaired) electrons. The molecule has 146 valence electrons. The molecular weight excluding hydrogens is 359 g/mol. The van der Waals surface area contributed by atoms with Crippen LogP contribution in [-0.4, -0.2) is 38.1 Å². The Labute approximate surface area is 152 Å². The van der Waals surface area contributed by atoms with E-state index in [9.17, 15) is 14.2 Å². The predicted molar refractivity (Wildman–Crippen MR) is 99.9 cm³/mol. The molecule has 0 spiro atoms. The van der Waals surface area contributed by atoms with E-state index in [2.05, 4.69) is 4.98 Å².